The number of hydrogen-bond acceptors (Lipinski definition) is 4. The van der Waals surface area contributed by atoms with E-state index in [0.717, 1.165) is 0 Å². The molecule has 3 rings (SSSR count). The number of halogens is 2. The molecule has 1 aliphatic heterocycles. The Morgan fingerprint density at radius 2 is 1.59 bits per heavy atom. The summed E-state index contributed by atoms with van der Waals surface area (Å²) in [4.78, 5) is 28.9. The summed E-state index contributed by atoms with van der Waals surface area (Å²) in [7, 11) is 0. The SMILES string of the molecule is CC(C(=O)Nc1ccccc1OC(F)F)N1CCN(C(=O)c2ccccc2)CC1. The standard InChI is InChI=1S/C21H23F2N3O3/c1-15(19(27)24-17-9-5-6-10-18(17)29-21(22)23)25-11-13-26(14-12-25)20(28)16-7-3-2-4-8-16/h2-10,15,21H,11-14H2,1H3,(H,24,27). The lowest BCUT2D eigenvalue weighted by molar-refractivity contribution is -0.121. The van der Waals surface area contributed by atoms with Gasteiger partial charge in [-0.3, -0.25) is 14.5 Å². The highest BCUT2D eigenvalue weighted by atomic mass is 19.3. The van der Waals surface area contributed by atoms with Gasteiger partial charge in [0, 0.05) is 31.7 Å². The molecule has 0 spiro atoms. The minimum atomic E-state index is -2.97. The van der Waals surface area contributed by atoms with Crippen LogP contribution in [0.15, 0.2) is 54.6 Å². The lowest BCUT2D eigenvalue weighted by atomic mass is 10.1. The van der Waals surface area contributed by atoms with E-state index in [2.05, 4.69) is 10.1 Å². The number of carbonyl (C=O) groups is 2. The van der Waals surface area contributed by atoms with Gasteiger partial charge in [0.25, 0.3) is 5.91 Å². The number of para-hydroxylation sites is 2. The second kappa shape index (κ2) is 9.47. The Morgan fingerprint density at radius 1 is 0.966 bits per heavy atom. The van der Waals surface area contributed by atoms with E-state index in [1.165, 1.54) is 12.1 Å². The molecule has 0 aliphatic carbocycles. The number of piperazine rings is 1. The number of carbonyl (C=O) groups excluding carboxylic acids is 2. The van der Waals surface area contributed by atoms with Crippen LogP contribution in [-0.2, 0) is 4.79 Å². The number of benzene rings is 2. The molecule has 1 saturated heterocycles. The summed E-state index contributed by atoms with van der Waals surface area (Å²) >= 11 is 0. The Bertz CT molecular complexity index is 840. The number of hydrogen-bond donors (Lipinski definition) is 1. The maximum absolute atomic E-state index is 12.6. The van der Waals surface area contributed by atoms with Crippen molar-refractivity contribution in [1.29, 1.82) is 0 Å². The van der Waals surface area contributed by atoms with Gasteiger partial charge in [0.15, 0.2) is 0 Å². The summed E-state index contributed by atoms with van der Waals surface area (Å²) < 4.78 is 29.5. The van der Waals surface area contributed by atoms with Crippen molar-refractivity contribution in [3.63, 3.8) is 0 Å². The van der Waals surface area contributed by atoms with E-state index in [0.29, 0.717) is 31.7 Å². The van der Waals surface area contributed by atoms with Gasteiger partial charge in [-0.15, -0.1) is 0 Å². The molecule has 1 atom stereocenters. The predicted molar refractivity (Wildman–Crippen MR) is 105 cm³/mol. The van der Waals surface area contributed by atoms with Crippen molar-refractivity contribution in [3.05, 3.63) is 60.2 Å². The van der Waals surface area contributed by atoms with Gasteiger partial charge in [-0.2, -0.15) is 8.78 Å². The smallest absolute Gasteiger partial charge is 0.387 e. The second-order valence-electron chi connectivity index (χ2n) is 6.73. The lowest BCUT2D eigenvalue weighted by Crippen LogP contribution is -2.54. The predicted octanol–water partition coefficient (Wildman–Crippen LogP) is 3.07. The molecule has 29 heavy (non-hydrogen) atoms. The molecule has 2 amide bonds. The molecule has 2 aromatic rings. The first-order valence-corrected chi connectivity index (χ1v) is 9.39. The zero-order valence-corrected chi connectivity index (χ0v) is 16.1. The van der Waals surface area contributed by atoms with Gasteiger partial charge < -0.3 is 15.0 Å². The molecular formula is C21H23F2N3O3. The van der Waals surface area contributed by atoms with Crippen LogP contribution in [0.1, 0.15) is 17.3 Å². The van der Waals surface area contributed by atoms with Crippen LogP contribution in [0.25, 0.3) is 0 Å². The molecule has 0 saturated carbocycles. The number of alkyl halides is 2. The van der Waals surface area contributed by atoms with Crippen molar-refractivity contribution in [2.45, 2.75) is 19.6 Å². The van der Waals surface area contributed by atoms with Crippen LogP contribution < -0.4 is 10.1 Å². The Kier molecular flexibility index (Phi) is 6.77. The third kappa shape index (κ3) is 5.29. The fourth-order valence-corrected chi connectivity index (χ4v) is 3.25. The minimum Gasteiger partial charge on any atom is -0.433 e. The van der Waals surface area contributed by atoms with E-state index in [1.54, 1.807) is 36.1 Å². The monoisotopic (exact) mass is 403 g/mol. The number of anilines is 1. The van der Waals surface area contributed by atoms with Gasteiger partial charge in [0.05, 0.1) is 11.7 Å². The van der Waals surface area contributed by atoms with Crippen LogP contribution in [0.5, 0.6) is 5.75 Å². The average molecular weight is 403 g/mol. The fourth-order valence-electron chi connectivity index (χ4n) is 3.25. The van der Waals surface area contributed by atoms with Crippen molar-refractivity contribution < 1.29 is 23.1 Å². The summed E-state index contributed by atoms with van der Waals surface area (Å²) in [6.45, 7) is 0.888. The maximum atomic E-state index is 12.6. The molecule has 2 aromatic carbocycles. The molecule has 154 valence electrons. The van der Waals surface area contributed by atoms with Crippen LogP contribution in [0.2, 0.25) is 0 Å². The highest BCUT2D eigenvalue weighted by Crippen LogP contribution is 2.26. The van der Waals surface area contributed by atoms with Gasteiger partial charge >= 0.3 is 6.61 Å². The molecule has 1 aliphatic rings. The van der Waals surface area contributed by atoms with E-state index in [1.807, 2.05) is 23.1 Å². The topological polar surface area (TPSA) is 61.9 Å². The number of nitrogens with one attached hydrogen (secondary N) is 1. The zero-order valence-electron chi connectivity index (χ0n) is 16.1. The number of amides is 2. The normalized spacial score (nSPS) is 15.8. The molecule has 1 fully saturated rings. The summed E-state index contributed by atoms with van der Waals surface area (Å²) in [5, 5.41) is 2.65. The van der Waals surface area contributed by atoms with Crippen LogP contribution in [0.3, 0.4) is 0 Å². The van der Waals surface area contributed by atoms with E-state index in [-0.39, 0.29) is 23.3 Å². The van der Waals surface area contributed by atoms with Gasteiger partial charge in [0.2, 0.25) is 5.91 Å². The Balaban J connectivity index is 1.56. The quantitative estimate of drug-likeness (QED) is 0.805. The van der Waals surface area contributed by atoms with Gasteiger partial charge in [0.1, 0.15) is 5.75 Å². The van der Waals surface area contributed by atoms with Gasteiger partial charge in [-0.25, -0.2) is 0 Å². The number of rotatable bonds is 6. The number of ether oxygens (including phenoxy) is 1. The largest absolute Gasteiger partial charge is 0.433 e. The number of nitrogens with zero attached hydrogens (tertiary/aromatic N) is 2. The Hall–Kier alpha value is -3.00. The van der Waals surface area contributed by atoms with Crippen molar-refractivity contribution in [2.24, 2.45) is 0 Å². The first-order chi connectivity index (χ1) is 14.0. The zero-order chi connectivity index (χ0) is 20.8. The molecule has 8 heteroatoms. The van der Waals surface area contributed by atoms with Gasteiger partial charge in [-0.1, -0.05) is 30.3 Å². The van der Waals surface area contributed by atoms with Crippen LogP contribution >= 0.6 is 0 Å². The van der Waals surface area contributed by atoms with Crippen molar-refractivity contribution >= 4 is 17.5 Å². The molecule has 1 unspecified atom stereocenters. The van der Waals surface area contributed by atoms with Crippen molar-refractivity contribution in [3.8, 4) is 5.75 Å². The van der Waals surface area contributed by atoms with Crippen molar-refractivity contribution in [2.75, 3.05) is 31.5 Å². The highest BCUT2D eigenvalue weighted by molar-refractivity contribution is 5.96. The first kappa shape index (κ1) is 20.7. The Labute approximate surface area is 168 Å². The van der Waals surface area contributed by atoms with Crippen molar-refractivity contribution in [1.82, 2.24) is 9.80 Å². The maximum Gasteiger partial charge on any atom is 0.387 e. The molecule has 1 heterocycles. The molecule has 0 aromatic heterocycles. The third-order valence-electron chi connectivity index (χ3n) is 4.91. The second-order valence-corrected chi connectivity index (χ2v) is 6.73. The van der Waals surface area contributed by atoms with Gasteiger partial charge in [-0.05, 0) is 31.2 Å². The average Bonchev–Trinajstić information content (AvgIpc) is 2.74. The van der Waals surface area contributed by atoms with E-state index < -0.39 is 12.7 Å². The third-order valence-corrected chi connectivity index (χ3v) is 4.91. The summed E-state index contributed by atoms with van der Waals surface area (Å²) in [6, 6.07) is 14.7. The molecule has 0 bridgehead atoms. The van der Waals surface area contributed by atoms with Crippen LogP contribution in [0, 0.1) is 0 Å². The fraction of sp³-hybridized carbons (Fsp3) is 0.333. The van der Waals surface area contributed by atoms with Crippen LogP contribution in [0.4, 0.5) is 14.5 Å². The molecule has 0 radical (unpaired) electrons. The van der Waals surface area contributed by atoms with E-state index >= 15 is 0 Å². The lowest BCUT2D eigenvalue weighted by Gasteiger charge is -2.37. The Morgan fingerprint density at radius 3 is 2.24 bits per heavy atom. The summed E-state index contributed by atoms with van der Waals surface area (Å²) in [6.07, 6.45) is 0. The van der Waals surface area contributed by atoms with E-state index in [4.69, 9.17) is 0 Å². The summed E-state index contributed by atoms with van der Waals surface area (Å²) in [5.74, 6) is -0.431. The van der Waals surface area contributed by atoms with E-state index in [9.17, 15) is 18.4 Å². The highest BCUT2D eigenvalue weighted by Gasteiger charge is 2.28. The molecule has 1 N–H and O–H groups in total. The summed E-state index contributed by atoms with van der Waals surface area (Å²) in [5.41, 5.74) is 0.838. The van der Waals surface area contributed by atoms with Crippen LogP contribution in [-0.4, -0.2) is 60.4 Å². The minimum absolute atomic E-state index is 0.0274. The molecule has 6 nitrogen and oxygen atoms in total. The first-order valence-electron chi connectivity index (χ1n) is 9.39. The molecular weight excluding hydrogens is 380 g/mol.